The van der Waals surface area contributed by atoms with Crippen LogP contribution in [0.2, 0.25) is 0 Å². The van der Waals surface area contributed by atoms with Crippen LogP contribution < -0.4 is 5.32 Å². The quantitative estimate of drug-likeness (QED) is 0.594. The Balaban J connectivity index is 1.78. The Bertz CT molecular complexity index is 1250. The van der Waals surface area contributed by atoms with Crippen molar-refractivity contribution in [3.63, 3.8) is 0 Å². The number of aliphatic hydroxyl groups is 1. The normalized spacial score (nSPS) is 18.1. The minimum atomic E-state index is -1.10. The maximum Gasteiger partial charge on any atom is 0.272 e. The molecule has 2 N–H and O–H groups in total. The highest BCUT2D eigenvalue weighted by atomic mass is 19.1. The van der Waals surface area contributed by atoms with Gasteiger partial charge in [-0.25, -0.2) is 14.4 Å². The number of alkyl halides is 1. The maximum absolute atomic E-state index is 13.2. The monoisotopic (exact) mass is 451 g/mol. The van der Waals surface area contributed by atoms with Gasteiger partial charge in [-0.15, -0.1) is 0 Å². The molecule has 33 heavy (non-hydrogen) atoms. The number of hydrogen-bond donors (Lipinski definition) is 2. The van der Waals surface area contributed by atoms with Gasteiger partial charge in [0.05, 0.1) is 23.2 Å². The third-order valence-corrected chi connectivity index (χ3v) is 5.76. The third kappa shape index (κ3) is 4.54. The number of pyridine rings is 3. The van der Waals surface area contributed by atoms with Crippen LogP contribution in [-0.2, 0) is 4.79 Å². The minimum Gasteiger partial charge on any atom is -0.387 e. The highest BCUT2D eigenvalue weighted by molar-refractivity contribution is 6.03. The predicted octanol–water partition coefficient (Wildman–Crippen LogP) is 3.44. The second-order valence-corrected chi connectivity index (χ2v) is 8.54. The molecule has 2 amide bonds. The zero-order chi connectivity index (χ0) is 23.9. The molecule has 3 atom stereocenters. The molecule has 1 aliphatic carbocycles. The summed E-state index contributed by atoms with van der Waals surface area (Å²) in [5.41, 5.74) is 3.45. The molecular formula is C24H26FN5O3. The first-order valence-electron chi connectivity index (χ1n) is 10.8. The van der Waals surface area contributed by atoms with Crippen molar-refractivity contribution >= 4 is 28.5 Å². The summed E-state index contributed by atoms with van der Waals surface area (Å²) in [6, 6.07) is 5.20. The molecule has 1 saturated carbocycles. The average molecular weight is 452 g/mol. The first kappa shape index (κ1) is 22.7. The molecule has 4 rings (SSSR count). The first-order valence-corrected chi connectivity index (χ1v) is 10.8. The number of amides is 2. The van der Waals surface area contributed by atoms with Crippen LogP contribution in [0.4, 0.5) is 10.2 Å². The summed E-state index contributed by atoms with van der Waals surface area (Å²) in [4.78, 5) is 39.7. The summed E-state index contributed by atoms with van der Waals surface area (Å²) in [6.45, 7) is 3.77. The van der Waals surface area contributed by atoms with E-state index in [4.69, 9.17) is 0 Å². The van der Waals surface area contributed by atoms with E-state index in [0.717, 1.165) is 11.1 Å². The molecule has 1 aliphatic rings. The molecule has 0 spiro atoms. The van der Waals surface area contributed by atoms with Gasteiger partial charge in [-0.1, -0.05) is 6.92 Å². The molecule has 8 nitrogen and oxygen atoms in total. The minimum absolute atomic E-state index is 0.226. The number of aryl methyl sites for hydroxylation is 1. The van der Waals surface area contributed by atoms with Gasteiger partial charge in [-0.05, 0) is 37.5 Å². The van der Waals surface area contributed by atoms with Crippen molar-refractivity contribution in [3.05, 3.63) is 47.5 Å². The van der Waals surface area contributed by atoms with Crippen LogP contribution >= 0.6 is 0 Å². The molecule has 1 fully saturated rings. The summed E-state index contributed by atoms with van der Waals surface area (Å²) in [5, 5.41) is 13.4. The van der Waals surface area contributed by atoms with Crippen LogP contribution in [0, 0.1) is 12.8 Å². The van der Waals surface area contributed by atoms with Crippen LogP contribution in [0.1, 0.15) is 47.6 Å². The number of halogens is 1. The van der Waals surface area contributed by atoms with Gasteiger partial charge in [0.2, 0.25) is 5.91 Å². The molecule has 3 aromatic heterocycles. The molecule has 3 heterocycles. The Labute approximate surface area is 190 Å². The van der Waals surface area contributed by atoms with Crippen molar-refractivity contribution in [1.82, 2.24) is 19.9 Å². The van der Waals surface area contributed by atoms with Crippen LogP contribution in [-0.4, -0.2) is 57.0 Å². The number of aromatic nitrogens is 3. The van der Waals surface area contributed by atoms with E-state index in [1.54, 1.807) is 32.6 Å². The molecule has 0 radical (unpaired) electrons. The standard InChI is InChI=1S/C24H26FN5O3/c1-5-20(31)19-6-12(2)16(11-26-19)14-7-13-10-27-21(29-23(32)15-8-17(15)25)9-18(13)28-22(14)24(33)30(3)4/h6-7,9-11,15,17,20,31H,5,8H2,1-4H3,(H,27,29,32)/t15-,17+,20?/m0/s1. The van der Waals surface area contributed by atoms with Gasteiger partial charge in [-0.3, -0.25) is 14.6 Å². The molecule has 0 aromatic carbocycles. The SMILES string of the molecule is CCC(O)c1cc(C)c(-c2cc3cnc(NC(=O)[C@H]4C[C@H]4F)cc3nc2C(=O)N(C)C)cn1. The van der Waals surface area contributed by atoms with E-state index in [1.165, 1.54) is 4.90 Å². The fourth-order valence-corrected chi connectivity index (χ4v) is 3.62. The average Bonchev–Trinajstić information content (AvgIpc) is 3.53. The fourth-order valence-electron chi connectivity index (χ4n) is 3.62. The summed E-state index contributed by atoms with van der Waals surface area (Å²) in [6.07, 6.45) is 2.22. The third-order valence-electron chi connectivity index (χ3n) is 5.76. The van der Waals surface area contributed by atoms with Crippen molar-refractivity contribution in [2.24, 2.45) is 5.92 Å². The molecule has 0 aliphatic heterocycles. The summed E-state index contributed by atoms with van der Waals surface area (Å²) in [7, 11) is 3.29. The lowest BCUT2D eigenvalue weighted by Gasteiger charge is -2.17. The lowest BCUT2D eigenvalue weighted by molar-refractivity contribution is -0.117. The molecule has 1 unspecified atom stereocenters. The van der Waals surface area contributed by atoms with E-state index in [9.17, 15) is 19.1 Å². The van der Waals surface area contributed by atoms with Crippen LogP contribution in [0.3, 0.4) is 0 Å². The number of hydrogen-bond acceptors (Lipinski definition) is 6. The first-order chi connectivity index (χ1) is 15.7. The molecule has 0 bridgehead atoms. The second kappa shape index (κ2) is 8.82. The van der Waals surface area contributed by atoms with Crippen molar-refractivity contribution in [2.45, 2.75) is 39.0 Å². The van der Waals surface area contributed by atoms with Gasteiger partial charge < -0.3 is 15.3 Å². The molecule has 0 saturated heterocycles. The number of rotatable bonds is 6. The number of anilines is 1. The molecule has 172 valence electrons. The van der Waals surface area contributed by atoms with Crippen LogP contribution in [0.25, 0.3) is 22.0 Å². The number of nitrogens with one attached hydrogen (secondary N) is 1. The topological polar surface area (TPSA) is 108 Å². The molecular weight excluding hydrogens is 425 g/mol. The predicted molar refractivity (Wildman–Crippen MR) is 122 cm³/mol. The highest BCUT2D eigenvalue weighted by Crippen LogP contribution is 2.35. The smallest absolute Gasteiger partial charge is 0.272 e. The van der Waals surface area contributed by atoms with Gasteiger partial charge in [0, 0.05) is 49.1 Å². The summed E-state index contributed by atoms with van der Waals surface area (Å²) >= 11 is 0. The molecule has 3 aromatic rings. The summed E-state index contributed by atoms with van der Waals surface area (Å²) in [5.74, 6) is -1.07. The molecule has 9 heteroatoms. The van der Waals surface area contributed by atoms with Crippen molar-refractivity contribution < 1.29 is 19.1 Å². The van der Waals surface area contributed by atoms with Crippen molar-refractivity contribution in [2.75, 3.05) is 19.4 Å². The Morgan fingerprint density at radius 2 is 1.94 bits per heavy atom. The van der Waals surface area contributed by atoms with E-state index < -0.39 is 24.1 Å². The van der Waals surface area contributed by atoms with Gasteiger partial charge >= 0.3 is 0 Å². The van der Waals surface area contributed by atoms with E-state index in [-0.39, 0.29) is 23.8 Å². The zero-order valence-corrected chi connectivity index (χ0v) is 19.0. The number of carbonyl (C=O) groups excluding carboxylic acids is 2. The highest BCUT2D eigenvalue weighted by Gasteiger charge is 2.43. The number of aliphatic hydroxyl groups excluding tert-OH is 1. The maximum atomic E-state index is 13.2. The van der Waals surface area contributed by atoms with E-state index >= 15 is 0 Å². The van der Waals surface area contributed by atoms with Crippen molar-refractivity contribution in [3.8, 4) is 11.1 Å². The fraction of sp³-hybridized carbons (Fsp3) is 0.375. The van der Waals surface area contributed by atoms with Crippen molar-refractivity contribution in [1.29, 1.82) is 0 Å². The largest absolute Gasteiger partial charge is 0.387 e. The van der Waals surface area contributed by atoms with E-state index in [2.05, 4.69) is 20.3 Å². The lowest BCUT2D eigenvalue weighted by atomic mass is 9.97. The lowest BCUT2D eigenvalue weighted by Crippen LogP contribution is -2.23. The van der Waals surface area contributed by atoms with Gasteiger partial charge in [-0.2, -0.15) is 0 Å². The Kier molecular flexibility index (Phi) is 6.07. The van der Waals surface area contributed by atoms with Gasteiger partial charge in [0.15, 0.2) is 0 Å². The van der Waals surface area contributed by atoms with E-state index in [0.29, 0.717) is 28.6 Å². The Morgan fingerprint density at radius 1 is 1.21 bits per heavy atom. The van der Waals surface area contributed by atoms with Crippen LogP contribution in [0.5, 0.6) is 0 Å². The van der Waals surface area contributed by atoms with Crippen LogP contribution in [0.15, 0.2) is 30.6 Å². The Morgan fingerprint density at radius 3 is 2.55 bits per heavy atom. The number of nitrogens with zero attached hydrogens (tertiary/aromatic N) is 4. The Hall–Kier alpha value is -3.46. The number of carbonyl (C=O) groups is 2. The summed E-state index contributed by atoms with van der Waals surface area (Å²) < 4.78 is 13.2. The zero-order valence-electron chi connectivity index (χ0n) is 19.0. The second-order valence-electron chi connectivity index (χ2n) is 8.54. The number of fused-ring (bicyclic) bond motifs is 1. The van der Waals surface area contributed by atoms with Gasteiger partial charge in [0.25, 0.3) is 5.91 Å². The van der Waals surface area contributed by atoms with Gasteiger partial charge in [0.1, 0.15) is 17.7 Å². The van der Waals surface area contributed by atoms with E-state index in [1.807, 2.05) is 26.0 Å².